The maximum Gasteiger partial charge on any atom is 0.326 e. The van der Waals surface area contributed by atoms with E-state index in [0.717, 1.165) is 0 Å². The van der Waals surface area contributed by atoms with Crippen LogP contribution in [0, 0.1) is 0 Å². The van der Waals surface area contributed by atoms with E-state index in [-0.39, 0.29) is 18.6 Å². The molecule has 0 spiro atoms. The van der Waals surface area contributed by atoms with E-state index in [4.69, 9.17) is 16.6 Å². The van der Waals surface area contributed by atoms with Crippen molar-refractivity contribution in [1.82, 2.24) is 16.0 Å². The topological polar surface area (TPSA) is 234 Å². The second-order valence-corrected chi connectivity index (χ2v) is 8.62. The fraction of sp³-hybridized carbons (Fsp3) is 0.476. The van der Waals surface area contributed by atoms with E-state index in [0.29, 0.717) is 11.3 Å². The third-order valence-corrected chi connectivity index (χ3v) is 5.45. The molecule has 1 aromatic carbocycles. The predicted octanol–water partition coefficient (Wildman–Crippen LogP) is -2.58. The molecule has 10 N–H and O–H groups in total. The first kappa shape index (κ1) is 29.7. The molecule has 0 bridgehead atoms. The Bertz CT molecular complexity index is 898. The molecule has 0 aromatic heterocycles. The second-order valence-electron chi connectivity index (χ2n) is 7.63. The lowest BCUT2D eigenvalue weighted by Gasteiger charge is -2.24. The lowest BCUT2D eigenvalue weighted by atomic mass is 10.0. The van der Waals surface area contributed by atoms with Crippen molar-refractivity contribution < 1.29 is 39.3 Å². The lowest BCUT2D eigenvalue weighted by molar-refractivity contribution is -0.142. The number of phenolic OH excluding ortho intramolecular Hbond substituents is 1. The van der Waals surface area contributed by atoms with Crippen molar-refractivity contribution in [1.29, 1.82) is 0 Å². The van der Waals surface area contributed by atoms with E-state index in [9.17, 15) is 34.2 Å². The zero-order valence-corrected chi connectivity index (χ0v) is 19.9. The van der Waals surface area contributed by atoms with Gasteiger partial charge >= 0.3 is 5.97 Å². The number of rotatable bonds is 15. The van der Waals surface area contributed by atoms with E-state index in [1.54, 1.807) is 6.26 Å². The number of carbonyl (C=O) groups excluding carboxylic acids is 4. The summed E-state index contributed by atoms with van der Waals surface area (Å²) in [6, 6.07) is 0.376. The summed E-state index contributed by atoms with van der Waals surface area (Å²) >= 11 is 1.38. The van der Waals surface area contributed by atoms with Crippen molar-refractivity contribution in [3.8, 4) is 5.75 Å². The number of nitrogens with one attached hydrogen (secondary N) is 3. The molecule has 0 aliphatic heterocycles. The summed E-state index contributed by atoms with van der Waals surface area (Å²) in [4.78, 5) is 60.9. The number of hydrogen-bond acceptors (Lipinski definition) is 9. The van der Waals surface area contributed by atoms with Crippen LogP contribution >= 0.6 is 11.8 Å². The average Bonchev–Trinajstić information content (AvgIpc) is 2.80. The number of aromatic hydroxyl groups is 1. The van der Waals surface area contributed by atoms with Gasteiger partial charge in [-0.15, -0.1) is 0 Å². The molecule has 4 atom stereocenters. The second kappa shape index (κ2) is 14.8. The number of aliphatic hydroxyl groups excluding tert-OH is 1. The van der Waals surface area contributed by atoms with Crippen molar-refractivity contribution >= 4 is 41.4 Å². The molecule has 0 saturated carbocycles. The minimum atomic E-state index is -1.51. The molecule has 0 saturated heterocycles. The molecule has 14 heteroatoms. The van der Waals surface area contributed by atoms with Crippen LogP contribution in [0.15, 0.2) is 24.3 Å². The highest BCUT2D eigenvalue weighted by molar-refractivity contribution is 7.98. The van der Waals surface area contributed by atoms with Gasteiger partial charge in [0, 0.05) is 6.42 Å². The van der Waals surface area contributed by atoms with Gasteiger partial charge in [0.05, 0.1) is 13.0 Å². The third kappa shape index (κ3) is 10.6. The third-order valence-electron chi connectivity index (χ3n) is 4.81. The number of amides is 4. The number of nitrogens with two attached hydrogens (primary N) is 2. The molecule has 194 valence electrons. The molecule has 0 aliphatic carbocycles. The zero-order chi connectivity index (χ0) is 26.5. The van der Waals surface area contributed by atoms with Gasteiger partial charge in [0.15, 0.2) is 0 Å². The number of hydrogen-bond donors (Lipinski definition) is 8. The summed E-state index contributed by atoms with van der Waals surface area (Å²) in [5, 5.41) is 34.9. The quantitative estimate of drug-likeness (QED) is 0.122. The molecule has 0 heterocycles. The van der Waals surface area contributed by atoms with E-state index in [2.05, 4.69) is 16.0 Å². The molecule has 4 unspecified atom stereocenters. The van der Waals surface area contributed by atoms with Gasteiger partial charge in [-0.05, 0) is 36.1 Å². The standard InChI is InChI=1S/C21H31N5O8S/c1-35-7-6-14(21(33)34)24-20(32)16(9-17(23)29)26-19(31)15(25-18(30)13(22)10-27)8-11-2-4-12(28)5-3-11/h2-5,13-16,27-28H,6-10,22H2,1H3,(H2,23,29)(H,24,32)(H,25,30)(H,26,31)(H,33,34). The summed E-state index contributed by atoms with van der Waals surface area (Å²) in [7, 11) is 0. The molecular weight excluding hydrogens is 482 g/mol. The maximum atomic E-state index is 13.0. The van der Waals surface area contributed by atoms with Gasteiger partial charge in [-0.25, -0.2) is 4.79 Å². The van der Waals surface area contributed by atoms with Crippen LogP contribution in [0.3, 0.4) is 0 Å². The fourth-order valence-corrected chi connectivity index (χ4v) is 3.36. The Kier molecular flexibility index (Phi) is 12.6. The largest absolute Gasteiger partial charge is 0.508 e. The van der Waals surface area contributed by atoms with Crippen LogP contribution in [-0.2, 0) is 30.4 Å². The molecule has 13 nitrogen and oxygen atoms in total. The number of carboxylic acids is 1. The molecule has 4 amide bonds. The number of phenols is 1. The average molecular weight is 514 g/mol. The number of primary amides is 1. The first-order valence-electron chi connectivity index (χ1n) is 10.5. The monoisotopic (exact) mass is 513 g/mol. The van der Waals surface area contributed by atoms with Crippen LogP contribution in [-0.4, -0.2) is 87.7 Å². The van der Waals surface area contributed by atoms with Gasteiger partial charge in [-0.1, -0.05) is 12.1 Å². The first-order valence-corrected chi connectivity index (χ1v) is 11.9. The number of carbonyl (C=O) groups is 5. The van der Waals surface area contributed by atoms with Crippen molar-refractivity contribution in [2.45, 2.75) is 43.4 Å². The van der Waals surface area contributed by atoms with Gasteiger partial charge in [0.25, 0.3) is 0 Å². The Morgan fingerprint density at radius 1 is 0.943 bits per heavy atom. The summed E-state index contributed by atoms with van der Waals surface area (Å²) in [5.41, 5.74) is 11.2. The number of carboxylic acid groups (broad SMARTS) is 1. The number of aliphatic hydroxyl groups is 1. The number of thioether (sulfide) groups is 1. The van der Waals surface area contributed by atoms with Crippen LogP contribution in [0.2, 0.25) is 0 Å². The van der Waals surface area contributed by atoms with Crippen molar-refractivity contribution in [2.75, 3.05) is 18.6 Å². The van der Waals surface area contributed by atoms with E-state index < -0.39 is 66.8 Å². The predicted molar refractivity (Wildman–Crippen MR) is 127 cm³/mol. The minimum Gasteiger partial charge on any atom is -0.508 e. The van der Waals surface area contributed by atoms with Crippen LogP contribution in [0.5, 0.6) is 5.75 Å². The Balaban J connectivity index is 3.09. The number of benzene rings is 1. The SMILES string of the molecule is CSCCC(NC(=O)C(CC(N)=O)NC(=O)C(Cc1ccc(O)cc1)NC(=O)C(N)CO)C(=O)O. The molecule has 0 fully saturated rings. The summed E-state index contributed by atoms with van der Waals surface area (Å²) in [5.74, 6) is -4.45. The maximum absolute atomic E-state index is 13.0. The Hall–Kier alpha value is -3.36. The van der Waals surface area contributed by atoms with Gasteiger partial charge in [-0.3, -0.25) is 19.2 Å². The smallest absolute Gasteiger partial charge is 0.326 e. The van der Waals surface area contributed by atoms with Gasteiger partial charge in [0.1, 0.15) is 29.9 Å². The highest BCUT2D eigenvalue weighted by Gasteiger charge is 2.31. The van der Waals surface area contributed by atoms with Crippen LogP contribution in [0.1, 0.15) is 18.4 Å². The minimum absolute atomic E-state index is 0.0197. The molecule has 0 radical (unpaired) electrons. The first-order chi connectivity index (χ1) is 16.5. The van der Waals surface area contributed by atoms with E-state index in [1.165, 1.54) is 36.0 Å². The Morgan fingerprint density at radius 3 is 2.00 bits per heavy atom. The number of aliphatic carboxylic acids is 1. The highest BCUT2D eigenvalue weighted by Crippen LogP contribution is 2.12. The highest BCUT2D eigenvalue weighted by atomic mass is 32.2. The molecule has 1 aromatic rings. The van der Waals surface area contributed by atoms with Crippen molar-refractivity contribution in [3.05, 3.63) is 29.8 Å². The molecule has 1 rings (SSSR count). The summed E-state index contributed by atoms with van der Waals surface area (Å²) in [6.45, 7) is -0.682. The van der Waals surface area contributed by atoms with Crippen molar-refractivity contribution in [2.24, 2.45) is 11.5 Å². The van der Waals surface area contributed by atoms with E-state index >= 15 is 0 Å². The van der Waals surface area contributed by atoms with Gasteiger partial charge in [0.2, 0.25) is 23.6 Å². The van der Waals surface area contributed by atoms with Gasteiger partial charge in [-0.2, -0.15) is 11.8 Å². The van der Waals surface area contributed by atoms with Crippen LogP contribution in [0.25, 0.3) is 0 Å². The molecule has 35 heavy (non-hydrogen) atoms. The molecular formula is C21H31N5O8S. The van der Waals surface area contributed by atoms with Crippen LogP contribution in [0.4, 0.5) is 0 Å². The van der Waals surface area contributed by atoms with Crippen molar-refractivity contribution in [3.63, 3.8) is 0 Å². The van der Waals surface area contributed by atoms with Gasteiger partial charge < -0.3 is 42.7 Å². The lowest BCUT2D eigenvalue weighted by Crippen LogP contribution is -2.58. The van der Waals surface area contributed by atoms with Crippen LogP contribution < -0.4 is 27.4 Å². The van der Waals surface area contributed by atoms with E-state index in [1.807, 2.05) is 0 Å². The Labute approximate surface area is 206 Å². The summed E-state index contributed by atoms with van der Waals surface area (Å²) in [6.07, 6.45) is 1.16. The Morgan fingerprint density at radius 2 is 1.49 bits per heavy atom. The summed E-state index contributed by atoms with van der Waals surface area (Å²) < 4.78 is 0. The molecule has 0 aliphatic rings. The normalized spacial score (nSPS) is 14.1. The zero-order valence-electron chi connectivity index (χ0n) is 19.1. The fourth-order valence-electron chi connectivity index (χ4n) is 2.89.